The summed E-state index contributed by atoms with van der Waals surface area (Å²) in [5.41, 5.74) is 3.14. The lowest BCUT2D eigenvalue weighted by Crippen LogP contribution is -2.37. The summed E-state index contributed by atoms with van der Waals surface area (Å²) in [4.78, 5) is 14.8. The molecule has 0 aliphatic carbocycles. The zero-order valence-electron chi connectivity index (χ0n) is 14.5. The second-order valence-corrected chi connectivity index (χ2v) is 7.53. The number of carbonyl (C=O) groups is 1. The molecule has 1 amide bonds. The van der Waals surface area contributed by atoms with Crippen LogP contribution in [0.25, 0.3) is 10.8 Å². The number of amides is 1. The predicted molar refractivity (Wildman–Crippen MR) is 110 cm³/mol. The van der Waals surface area contributed by atoms with Crippen molar-refractivity contribution in [2.45, 2.75) is 25.7 Å². The first-order valence-corrected chi connectivity index (χ1v) is 9.62. The van der Waals surface area contributed by atoms with E-state index < -0.39 is 0 Å². The molecular formula is C22H19Cl2NO. The van der Waals surface area contributed by atoms with E-state index in [2.05, 4.69) is 31.2 Å². The van der Waals surface area contributed by atoms with Crippen LogP contribution < -0.4 is 4.90 Å². The van der Waals surface area contributed by atoms with Crippen molar-refractivity contribution in [3.63, 3.8) is 0 Å². The highest BCUT2D eigenvalue weighted by Crippen LogP contribution is 2.45. The van der Waals surface area contributed by atoms with E-state index in [1.165, 1.54) is 16.3 Å². The Morgan fingerprint density at radius 3 is 2.65 bits per heavy atom. The molecule has 0 fully saturated rings. The van der Waals surface area contributed by atoms with Gasteiger partial charge in [0.1, 0.15) is 0 Å². The lowest BCUT2D eigenvalue weighted by atomic mass is 9.81. The van der Waals surface area contributed by atoms with Crippen LogP contribution in [0.4, 0.5) is 5.69 Å². The summed E-state index contributed by atoms with van der Waals surface area (Å²) in [5.74, 6) is 0.0760. The van der Waals surface area contributed by atoms with Crippen LogP contribution in [0.1, 0.15) is 36.8 Å². The molecule has 1 aliphatic rings. The van der Waals surface area contributed by atoms with Crippen molar-refractivity contribution in [3.8, 4) is 0 Å². The Bertz CT molecular complexity index is 999. The molecule has 26 heavy (non-hydrogen) atoms. The molecule has 0 bridgehead atoms. The van der Waals surface area contributed by atoms with Crippen molar-refractivity contribution < 1.29 is 4.79 Å². The SMILES string of the molecule is CCCN1C(=O)CC(c2ccc(Cl)cc2Cl)c2c1ccc1ccccc21. The average Bonchev–Trinajstić information content (AvgIpc) is 2.63. The van der Waals surface area contributed by atoms with Crippen LogP contribution in [-0.2, 0) is 4.79 Å². The van der Waals surface area contributed by atoms with Crippen molar-refractivity contribution in [1.82, 2.24) is 0 Å². The monoisotopic (exact) mass is 383 g/mol. The lowest BCUT2D eigenvalue weighted by Gasteiger charge is -2.35. The van der Waals surface area contributed by atoms with Crippen molar-refractivity contribution in [2.24, 2.45) is 0 Å². The van der Waals surface area contributed by atoms with Crippen molar-refractivity contribution >= 4 is 45.6 Å². The maximum Gasteiger partial charge on any atom is 0.227 e. The zero-order valence-corrected chi connectivity index (χ0v) is 16.0. The van der Waals surface area contributed by atoms with Gasteiger partial charge in [0.25, 0.3) is 0 Å². The molecule has 3 aromatic rings. The van der Waals surface area contributed by atoms with E-state index in [1.807, 2.05) is 29.2 Å². The number of rotatable bonds is 3. The molecule has 3 aromatic carbocycles. The molecule has 2 nitrogen and oxygen atoms in total. The Kier molecular flexibility index (Phi) is 4.64. The summed E-state index contributed by atoms with van der Waals surface area (Å²) in [5, 5.41) is 3.56. The summed E-state index contributed by atoms with van der Waals surface area (Å²) in [6.45, 7) is 2.82. The van der Waals surface area contributed by atoms with E-state index in [9.17, 15) is 4.79 Å². The molecule has 1 atom stereocenters. The molecule has 1 unspecified atom stereocenters. The second kappa shape index (κ2) is 6.94. The summed E-state index contributed by atoms with van der Waals surface area (Å²) in [6, 6.07) is 18.0. The van der Waals surface area contributed by atoms with Gasteiger partial charge in [0, 0.05) is 34.6 Å². The second-order valence-electron chi connectivity index (χ2n) is 6.69. The van der Waals surface area contributed by atoms with E-state index in [0.717, 1.165) is 24.2 Å². The molecule has 0 radical (unpaired) electrons. The molecule has 0 spiro atoms. The van der Waals surface area contributed by atoms with Gasteiger partial charge in [0.2, 0.25) is 5.91 Å². The first-order chi connectivity index (χ1) is 12.6. The molecule has 132 valence electrons. The minimum absolute atomic E-state index is 0.0681. The van der Waals surface area contributed by atoms with Crippen LogP contribution >= 0.6 is 23.2 Å². The average molecular weight is 384 g/mol. The van der Waals surface area contributed by atoms with Crippen LogP contribution in [-0.4, -0.2) is 12.5 Å². The Morgan fingerprint density at radius 2 is 1.88 bits per heavy atom. The number of nitrogens with zero attached hydrogens (tertiary/aromatic N) is 1. The van der Waals surface area contributed by atoms with Gasteiger partial charge in [0.05, 0.1) is 0 Å². The molecule has 4 heteroatoms. The minimum Gasteiger partial charge on any atom is -0.312 e. The van der Waals surface area contributed by atoms with Crippen molar-refractivity contribution in [2.75, 3.05) is 11.4 Å². The maximum atomic E-state index is 12.9. The Morgan fingerprint density at radius 1 is 1.08 bits per heavy atom. The van der Waals surface area contributed by atoms with E-state index in [-0.39, 0.29) is 11.8 Å². The number of hydrogen-bond donors (Lipinski definition) is 0. The molecule has 0 aromatic heterocycles. The fourth-order valence-corrected chi connectivity index (χ4v) is 4.47. The fraction of sp³-hybridized carbons (Fsp3) is 0.227. The molecule has 1 aliphatic heterocycles. The Hall–Kier alpha value is -2.03. The third-order valence-electron chi connectivity index (χ3n) is 5.05. The van der Waals surface area contributed by atoms with Crippen LogP contribution in [0.3, 0.4) is 0 Å². The van der Waals surface area contributed by atoms with Gasteiger partial charge in [-0.05, 0) is 46.5 Å². The third-order valence-corrected chi connectivity index (χ3v) is 5.61. The molecule has 1 heterocycles. The van der Waals surface area contributed by atoms with Gasteiger partial charge in [-0.1, -0.05) is 66.5 Å². The van der Waals surface area contributed by atoms with Gasteiger partial charge in [-0.15, -0.1) is 0 Å². The van der Waals surface area contributed by atoms with Gasteiger partial charge in [-0.2, -0.15) is 0 Å². The van der Waals surface area contributed by atoms with Crippen LogP contribution in [0.2, 0.25) is 10.0 Å². The summed E-state index contributed by atoms with van der Waals surface area (Å²) >= 11 is 12.6. The van der Waals surface area contributed by atoms with Gasteiger partial charge in [-0.3, -0.25) is 4.79 Å². The third kappa shape index (κ3) is 2.87. The number of fused-ring (bicyclic) bond motifs is 3. The smallest absolute Gasteiger partial charge is 0.227 e. The van der Waals surface area contributed by atoms with Crippen molar-refractivity contribution in [1.29, 1.82) is 0 Å². The number of hydrogen-bond acceptors (Lipinski definition) is 1. The Balaban J connectivity index is 1.99. The van der Waals surface area contributed by atoms with Gasteiger partial charge in [0.15, 0.2) is 0 Å². The van der Waals surface area contributed by atoms with E-state index in [4.69, 9.17) is 23.2 Å². The maximum absolute atomic E-state index is 12.9. The van der Waals surface area contributed by atoms with Crippen LogP contribution in [0, 0.1) is 0 Å². The number of halogens is 2. The highest BCUT2D eigenvalue weighted by molar-refractivity contribution is 6.35. The molecule has 0 N–H and O–H groups in total. The molecular weight excluding hydrogens is 365 g/mol. The highest BCUT2D eigenvalue weighted by Gasteiger charge is 2.34. The van der Waals surface area contributed by atoms with Gasteiger partial charge in [-0.25, -0.2) is 0 Å². The first-order valence-electron chi connectivity index (χ1n) is 8.87. The van der Waals surface area contributed by atoms with Crippen LogP contribution in [0.5, 0.6) is 0 Å². The quantitative estimate of drug-likeness (QED) is 0.510. The molecule has 0 saturated heterocycles. The summed E-state index contributed by atoms with van der Waals surface area (Å²) in [6.07, 6.45) is 1.34. The van der Waals surface area contributed by atoms with Crippen LogP contribution in [0.15, 0.2) is 54.6 Å². The normalized spacial score (nSPS) is 16.8. The summed E-state index contributed by atoms with van der Waals surface area (Å²) < 4.78 is 0. The first kappa shape index (κ1) is 17.4. The van der Waals surface area contributed by atoms with E-state index in [0.29, 0.717) is 16.5 Å². The lowest BCUT2D eigenvalue weighted by molar-refractivity contribution is -0.119. The van der Waals surface area contributed by atoms with E-state index >= 15 is 0 Å². The summed E-state index contributed by atoms with van der Waals surface area (Å²) in [7, 11) is 0. The largest absolute Gasteiger partial charge is 0.312 e. The van der Waals surface area contributed by atoms with E-state index in [1.54, 1.807) is 6.07 Å². The van der Waals surface area contributed by atoms with Gasteiger partial charge < -0.3 is 4.90 Å². The Labute approximate surface area is 163 Å². The predicted octanol–water partition coefficient (Wildman–Crippen LogP) is 6.43. The number of anilines is 1. The highest BCUT2D eigenvalue weighted by atomic mass is 35.5. The molecule has 0 saturated carbocycles. The standard InChI is InChI=1S/C22H19Cl2NO/c1-2-11-25-20-10-7-14-5-3-4-6-16(14)22(20)18(13-21(25)26)17-9-8-15(23)12-19(17)24/h3-10,12,18H,2,11,13H2,1H3. The minimum atomic E-state index is -0.0681. The number of carbonyl (C=O) groups excluding carboxylic acids is 1. The number of benzene rings is 3. The van der Waals surface area contributed by atoms with Gasteiger partial charge >= 0.3 is 0 Å². The fourth-order valence-electron chi connectivity index (χ4n) is 3.93. The van der Waals surface area contributed by atoms with Crippen molar-refractivity contribution in [3.05, 3.63) is 75.8 Å². The zero-order chi connectivity index (χ0) is 18.3. The topological polar surface area (TPSA) is 20.3 Å². The molecule has 4 rings (SSSR count).